The highest BCUT2D eigenvalue weighted by Gasteiger charge is 2.26. The van der Waals surface area contributed by atoms with Crippen molar-refractivity contribution in [3.05, 3.63) is 57.6 Å². The third kappa shape index (κ3) is 3.79. The van der Waals surface area contributed by atoms with Gasteiger partial charge in [-0.25, -0.2) is 0 Å². The fourth-order valence-corrected chi connectivity index (χ4v) is 3.38. The first-order chi connectivity index (χ1) is 12.5. The molecule has 1 unspecified atom stereocenters. The van der Waals surface area contributed by atoms with Crippen LogP contribution in [0.3, 0.4) is 0 Å². The quantitative estimate of drug-likeness (QED) is 0.846. The Balaban J connectivity index is 1.92. The van der Waals surface area contributed by atoms with Gasteiger partial charge in [0.1, 0.15) is 6.04 Å². The van der Waals surface area contributed by atoms with E-state index in [1.54, 1.807) is 32.4 Å². The van der Waals surface area contributed by atoms with Crippen LogP contribution >= 0.6 is 23.2 Å². The maximum Gasteiger partial charge on any atom is 0.245 e. The molecule has 0 saturated heterocycles. The van der Waals surface area contributed by atoms with E-state index in [0.717, 1.165) is 11.3 Å². The van der Waals surface area contributed by atoms with Crippen LogP contribution < -0.4 is 14.8 Å². The van der Waals surface area contributed by atoms with Crippen molar-refractivity contribution in [2.45, 2.75) is 12.5 Å². The lowest BCUT2D eigenvalue weighted by Gasteiger charge is -2.22. The molecule has 0 aliphatic carbocycles. The standard InChI is InChI=1S/C19H18Cl2N2O3/c1-25-17-7-6-11(8-18(17)26-2)16-10-22-19(24)15(23-16)9-12-13(20)4-3-5-14(12)21/h3-8,15H,9-10H2,1-2H3,(H,22,24). The Morgan fingerprint density at radius 3 is 2.46 bits per heavy atom. The van der Waals surface area contributed by atoms with Gasteiger partial charge in [-0.1, -0.05) is 29.3 Å². The molecule has 1 atom stereocenters. The molecule has 0 radical (unpaired) electrons. The van der Waals surface area contributed by atoms with Gasteiger partial charge >= 0.3 is 0 Å². The van der Waals surface area contributed by atoms with E-state index >= 15 is 0 Å². The third-order valence-corrected chi connectivity index (χ3v) is 4.93. The molecule has 1 aliphatic rings. The summed E-state index contributed by atoms with van der Waals surface area (Å²) < 4.78 is 10.6. The summed E-state index contributed by atoms with van der Waals surface area (Å²) >= 11 is 12.5. The van der Waals surface area contributed by atoms with Gasteiger partial charge in [-0.2, -0.15) is 0 Å². The Labute approximate surface area is 161 Å². The molecule has 0 spiro atoms. The van der Waals surface area contributed by atoms with E-state index in [2.05, 4.69) is 10.3 Å². The van der Waals surface area contributed by atoms with Gasteiger partial charge < -0.3 is 14.8 Å². The molecule has 0 saturated carbocycles. The zero-order valence-corrected chi connectivity index (χ0v) is 15.9. The number of carbonyl (C=O) groups is 1. The molecule has 2 aromatic rings. The van der Waals surface area contributed by atoms with E-state index in [4.69, 9.17) is 32.7 Å². The molecule has 3 rings (SSSR count). The van der Waals surface area contributed by atoms with Gasteiger partial charge in [0.25, 0.3) is 0 Å². The molecule has 0 fully saturated rings. The third-order valence-electron chi connectivity index (χ3n) is 4.22. The summed E-state index contributed by atoms with van der Waals surface area (Å²) in [5.41, 5.74) is 2.34. The van der Waals surface area contributed by atoms with Crippen molar-refractivity contribution in [2.75, 3.05) is 20.8 Å². The number of hydrogen-bond acceptors (Lipinski definition) is 4. The molecular weight excluding hydrogens is 375 g/mol. The summed E-state index contributed by atoms with van der Waals surface area (Å²) in [5, 5.41) is 3.93. The van der Waals surface area contributed by atoms with E-state index < -0.39 is 6.04 Å². The zero-order chi connectivity index (χ0) is 18.7. The van der Waals surface area contributed by atoms with Crippen molar-refractivity contribution in [2.24, 2.45) is 4.99 Å². The second-order valence-corrected chi connectivity index (χ2v) is 6.60. The number of aliphatic imine (C=N–C) groups is 1. The Bertz CT molecular complexity index is 848. The summed E-state index contributed by atoms with van der Waals surface area (Å²) in [5.74, 6) is 1.09. The number of halogens is 2. The number of benzene rings is 2. The van der Waals surface area contributed by atoms with Gasteiger partial charge in [-0.3, -0.25) is 9.79 Å². The Hall–Kier alpha value is -2.24. The maximum atomic E-state index is 12.3. The molecule has 5 nitrogen and oxygen atoms in total. The number of amides is 1. The summed E-state index contributed by atoms with van der Waals surface area (Å²) in [4.78, 5) is 16.9. The van der Waals surface area contributed by atoms with Crippen molar-refractivity contribution >= 4 is 34.8 Å². The first-order valence-corrected chi connectivity index (χ1v) is 8.78. The van der Waals surface area contributed by atoms with Crippen molar-refractivity contribution in [1.29, 1.82) is 0 Å². The molecule has 1 amide bonds. The Kier molecular flexibility index (Phi) is 5.69. The molecule has 2 aromatic carbocycles. The number of carbonyl (C=O) groups excluding carboxylic acids is 1. The second kappa shape index (κ2) is 7.98. The molecular formula is C19H18Cl2N2O3. The van der Waals surface area contributed by atoms with Crippen molar-refractivity contribution < 1.29 is 14.3 Å². The molecule has 0 bridgehead atoms. The van der Waals surface area contributed by atoms with Crippen LogP contribution in [0.2, 0.25) is 10.0 Å². The summed E-state index contributed by atoms with van der Waals surface area (Å²) in [6, 6.07) is 10.2. The average molecular weight is 393 g/mol. The van der Waals surface area contributed by atoms with Gasteiger partial charge in [-0.15, -0.1) is 0 Å². The fraction of sp³-hybridized carbons (Fsp3) is 0.263. The topological polar surface area (TPSA) is 59.9 Å². The van der Waals surface area contributed by atoms with E-state index in [9.17, 15) is 4.79 Å². The zero-order valence-electron chi connectivity index (χ0n) is 14.4. The lowest BCUT2D eigenvalue weighted by Crippen LogP contribution is -2.43. The minimum atomic E-state index is -0.593. The van der Waals surface area contributed by atoms with Crippen molar-refractivity contribution in [1.82, 2.24) is 5.32 Å². The van der Waals surface area contributed by atoms with Crippen LogP contribution in [0, 0.1) is 0 Å². The fourth-order valence-electron chi connectivity index (χ4n) is 2.83. The second-order valence-electron chi connectivity index (χ2n) is 5.78. The predicted octanol–water partition coefficient (Wildman–Crippen LogP) is 3.54. The smallest absolute Gasteiger partial charge is 0.245 e. The Morgan fingerprint density at radius 1 is 1.12 bits per heavy atom. The van der Waals surface area contributed by atoms with E-state index in [1.165, 1.54) is 0 Å². The number of nitrogens with one attached hydrogen (secondary N) is 1. The van der Waals surface area contributed by atoms with Crippen LogP contribution in [0.25, 0.3) is 0 Å². The first-order valence-electron chi connectivity index (χ1n) is 8.03. The van der Waals surface area contributed by atoms with Gasteiger partial charge in [-0.05, 0) is 35.9 Å². The number of ether oxygens (including phenoxy) is 2. The molecule has 1 N–H and O–H groups in total. The van der Waals surface area contributed by atoms with Crippen molar-refractivity contribution in [3.8, 4) is 11.5 Å². The molecule has 1 aliphatic heterocycles. The highest BCUT2D eigenvalue weighted by Crippen LogP contribution is 2.29. The predicted molar refractivity (Wildman–Crippen MR) is 103 cm³/mol. The van der Waals surface area contributed by atoms with Gasteiger partial charge in [0.05, 0.1) is 26.5 Å². The largest absolute Gasteiger partial charge is 0.493 e. The lowest BCUT2D eigenvalue weighted by molar-refractivity contribution is -0.122. The Morgan fingerprint density at radius 2 is 1.81 bits per heavy atom. The molecule has 7 heteroatoms. The van der Waals surface area contributed by atoms with Crippen molar-refractivity contribution in [3.63, 3.8) is 0 Å². The van der Waals surface area contributed by atoms with Gasteiger partial charge in [0.2, 0.25) is 5.91 Å². The van der Waals surface area contributed by atoms with E-state index in [-0.39, 0.29) is 5.91 Å². The highest BCUT2D eigenvalue weighted by molar-refractivity contribution is 6.36. The number of nitrogens with zero attached hydrogens (tertiary/aromatic N) is 1. The van der Waals surface area contributed by atoms with Crippen LogP contribution in [0.15, 0.2) is 41.4 Å². The highest BCUT2D eigenvalue weighted by atomic mass is 35.5. The number of hydrogen-bond donors (Lipinski definition) is 1. The molecule has 26 heavy (non-hydrogen) atoms. The lowest BCUT2D eigenvalue weighted by atomic mass is 10.0. The average Bonchev–Trinajstić information content (AvgIpc) is 2.65. The summed E-state index contributed by atoms with van der Waals surface area (Å²) in [7, 11) is 3.16. The van der Waals surface area contributed by atoms with Crippen LogP contribution in [0.5, 0.6) is 11.5 Å². The first kappa shape index (κ1) is 18.5. The van der Waals surface area contributed by atoms with Crippen LogP contribution in [-0.4, -0.2) is 38.4 Å². The molecule has 1 heterocycles. The number of rotatable bonds is 5. The SMILES string of the molecule is COc1ccc(C2=NC(Cc3c(Cl)cccc3Cl)C(=O)NC2)cc1OC. The molecule has 0 aromatic heterocycles. The van der Waals surface area contributed by atoms with Gasteiger partial charge in [0.15, 0.2) is 11.5 Å². The number of methoxy groups -OCH3 is 2. The summed E-state index contributed by atoms with van der Waals surface area (Å²) in [6.07, 6.45) is 0.334. The van der Waals surface area contributed by atoms with Crippen LogP contribution in [0.4, 0.5) is 0 Å². The van der Waals surface area contributed by atoms with E-state index in [0.29, 0.717) is 40.1 Å². The van der Waals surface area contributed by atoms with E-state index in [1.807, 2.05) is 18.2 Å². The minimum absolute atomic E-state index is 0.148. The normalized spacial score (nSPS) is 16.7. The van der Waals surface area contributed by atoms with Crippen LogP contribution in [-0.2, 0) is 11.2 Å². The maximum absolute atomic E-state index is 12.3. The minimum Gasteiger partial charge on any atom is -0.493 e. The monoisotopic (exact) mass is 392 g/mol. The van der Waals surface area contributed by atoms with Gasteiger partial charge in [0, 0.05) is 22.0 Å². The molecule has 136 valence electrons. The van der Waals surface area contributed by atoms with Crippen LogP contribution in [0.1, 0.15) is 11.1 Å². The summed E-state index contributed by atoms with van der Waals surface area (Å²) in [6.45, 7) is 0.348.